The largest absolute Gasteiger partial charge is 0.341 e. The van der Waals surface area contributed by atoms with E-state index in [-0.39, 0.29) is 0 Å². The monoisotopic (exact) mass is 515 g/mol. The van der Waals surface area contributed by atoms with Crippen molar-refractivity contribution in [2.24, 2.45) is 5.10 Å². The Morgan fingerprint density at radius 3 is 2.33 bits per heavy atom. The minimum atomic E-state index is 0.392. The maximum absolute atomic E-state index is 6.03. The van der Waals surface area contributed by atoms with Gasteiger partial charge >= 0.3 is 0 Å². The fraction of sp³-hybridized carbons (Fsp3) is 0.185. The molecule has 182 valence electrons. The molecule has 36 heavy (non-hydrogen) atoms. The van der Waals surface area contributed by atoms with Crippen LogP contribution in [0.15, 0.2) is 93.8 Å². The van der Waals surface area contributed by atoms with Crippen LogP contribution in [0.3, 0.4) is 0 Å². The van der Waals surface area contributed by atoms with Gasteiger partial charge in [0.2, 0.25) is 17.8 Å². The van der Waals surface area contributed by atoms with Crippen molar-refractivity contribution in [3.8, 4) is 0 Å². The van der Waals surface area contributed by atoms with E-state index in [1.54, 1.807) is 18.0 Å². The number of halogens is 1. The zero-order valence-electron chi connectivity index (χ0n) is 19.6. The number of hydrogen-bond donors (Lipinski definition) is 2. The number of nitrogens with one attached hydrogen (secondary N) is 2. The van der Waals surface area contributed by atoms with Gasteiger partial charge in [0, 0.05) is 39.2 Å². The van der Waals surface area contributed by atoms with Crippen LogP contribution in [0, 0.1) is 0 Å². The maximum Gasteiger partial charge on any atom is 0.250 e. The minimum Gasteiger partial charge on any atom is -0.341 e. The lowest BCUT2D eigenvalue weighted by atomic mass is 10.1. The van der Waals surface area contributed by atoms with Crippen molar-refractivity contribution >= 4 is 53.1 Å². The van der Waals surface area contributed by atoms with Crippen LogP contribution in [0.5, 0.6) is 0 Å². The van der Waals surface area contributed by atoms with E-state index in [2.05, 4.69) is 41.8 Å². The molecule has 7 nitrogen and oxygen atoms in total. The predicted octanol–water partition coefficient (Wildman–Crippen LogP) is 6.86. The smallest absolute Gasteiger partial charge is 0.250 e. The molecule has 9 heteroatoms. The Morgan fingerprint density at radius 1 is 0.806 bits per heavy atom. The standard InChI is InChI=1S/C27H26ClN7S/c28-21-13-15-23(16-14-21)36-24-12-6-5-9-20(24)19-29-34-26-31-25(30-22-10-3-1-4-11-22)32-27(33-26)35-17-7-2-8-18-35/h1,3-6,9-16,19H,2,7-8,17-18H2,(H2,30,31,32,33,34)/b29-19-. The molecular weight excluding hydrogens is 490 g/mol. The summed E-state index contributed by atoms with van der Waals surface area (Å²) < 4.78 is 0. The maximum atomic E-state index is 6.03. The summed E-state index contributed by atoms with van der Waals surface area (Å²) in [4.78, 5) is 18.3. The van der Waals surface area contributed by atoms with Gasteiger partial charge in [-0.15, -0.1) is 0 Å². The van der Waals surface area contributed by atoms with Gasteiger partial charge in [0.05, 0.1) is 6.21 Å². The molecular formula is C27H26ClN7S. The number of rotatable bonds is 8. The number of para-hydroxylation sites is 1. The van der Waals surface area contributed by atoms with Crippen LogP contribution in [-0.2, 0) is 0 Å². The molecule has 1 saturated heterocycles. The highest BCUT2D eigenvalue weighted by molar-refractivity contribution is 7.99. The van der Waals surface area contributed by atoms with Crippen molar-refractivity contribution in [1.29, 1.82) is 0 Å². The average Bonchev–Trinajstić information content (AvgIpc) is 2.92. The zero-order valence-corrected chi connectivity index (χ0v) is 21.2. The van der Waals surface area contributed by atoms with Crippen molar-refractivity contribution in [2.45, 2.75) is 29.1 Å². The Balaban J connectivity index is 1.35. The Hall–Kier alpha value is -3.62. The number of aromatic nitrogens is 3. The van der Waals surface area contributed by atoms with Gasteiger partial charge in [-0.05, 0) is 61.7 Å². The highest BCUT2D eigenvalue weighted by atomic mass is 35.5. The van der Waals surface area contributed by atoms with E-state index in [4.69, 9.17) is 11.6 Å². The van der Waals surface area contributed by atoms with Crippen LogP contribution < -0.4 is 15.6 Å². The molecule has 1 aliphatic rings. The van der Waals surface area contributed by atoms with Gasteiger partial charge < -0.3 is 10.2 Å². The van der Waals surface area contributed by atoms with Crippen molar-refractivity contribution in [3.63, 3.8) is 0 Å². The fourth-order valence-electron chi connectivity index (χ4n) is 3.83. The normalized spacial score (nSPS) is 13.6. The van der Waals surface area contributed by atoms with Crippen molar-refractivity contribution < 1.29 is 0 Å². The number of nitrogens with zero attached hydrogens (tertiary/aromatic N) is 5. The summed E-state index contributed by atoms with van der Waals surface area (Å²) in [6.45, 7) is 1.87. The van der Waals surface area contributed by atoms with E-state index < -0.39 is 0 Å². The number of benzene rings is 3. The average molecular weight is 516 g/mol. The second-order valence-corrected chi connectivity index (χ2v) is 9.84. The lowest BCUT2D eigenvalue weighted by Gasteiger charge is -2.26. The van der Waals surface area contributed by atoms with Crippen LogP contribution in [0.25, 0.3) is 0 Å². The van der Waals surface area contributed by atoms with Crippen molar-refractivity contribution in [1.82, 2.24) is 15.0 Å². The summed E-state index contributed by atoms with van der Waals surface area (Å²) in [5.74, 6) is 1.52. The molecule has 0 amide bonds. The summed E-state index contributed by atoms with van der Waals surface area (Å²) in [5.41, 5.74) is 4.91. The van der Waals surface area contributed by atoms with Crippen molar-refractivity contribution in [3.05, 3.63) is 89.4 Å². The molecule has 3 aromatic carbocycles. The van der Waals surface area contributed by atoms with E-state index in [1.165, 1.54) is 6.42 Å². The van der Waals surface area contributed by atoms with Crippen LogP contribution in [0.4, 0.5) is 23.5 Å². The SMILES string of the molecule is Clc1ccc(Sc2ccccc2/C=N\Nc2nc(Nc3ccccc3)nc(N3CCCCC3)n2)cc1. The van der Waals surface area contributed by atoms with Crippen LogP contribution in [0.1, 0.15) is 24.8 Å². The Bertz CT molecular complexity index is 1310. The van der Waals surface area contributed by atoms with Crippen LogP contribution >= 0.6 is 23.4 Å². The number of hydrazone groups is 1. The van der Waals surface area contributed by atoms with Gasteiger partial charge in [-0.25, -0.2) is 5.43 Å². The predicted molar refractivity (Wildman–Crippen MR) is 149 cm³/mol. The second-order valence-electron chi connectivity index (χ2n) is 8.29. The van der Waals surface area contributed by atoms with Crippen LogP contribution in [-0.4, -0.2) is 34.3 Å². The van der Waals surface area contributed by atoms with E-state index in [0.29, 0.717) is 17.8 Å². The first-order valence-electron chi connectivity index (χ1n) is 11.9. The topological polar surface area (TPSA) is 78.3 Å². The second kappa shape index (κ2) is 11.9. The molecule has 0 aliphatic carbocycles. The molecule has 2 heterocycles. The van der Waals surface area contributed by atoms with Gasteiger partial charge in [-0.3, -0.25) is 0 Å². The molecule has 5 rings (SSSR count). The molecule has 1 fully saturated rings. The molecule has 0 saturated carbocycles. The zero-order chi connectivity index (χ0) is 24.6. The quantitative estimate of drug-likeness (QED) is 0.196. The Labute approximate surface area is 220 Å². The Kier molecular flexibility index (Phi) is 7.95. The summed E-state index contributed by atoms with van der Waals surface area (Å²) in [6.07, 6.45) is 5.29. The summed E-state index contributed by atoms with van der Waals surface area (Å²) in [7, 11) is 0. The third-order valence-corrected chi connectivity index (χ3v) is 6.97. The lowest BCUT2D eigenvalue weighted by molar-refractivity contribution is 0.568. The molecule has 0 atom stereocenters. The first-order chi connectivity index (χ1) is 17.7. The molecule has 0 spiro atoms. The molecule has 2 N–H and O–H groups in total. The van der Waals surface area contributed by atoms with Gasteiger partial charge in [0.1, 0.15) is 0 Å². The van der Waals surface area contributed by atoms with E-state index >= 15 is 0 Å². The highest BCUT2D eigenvalue weighted by Crippen LogP contribution is 2.30. The molecule has 0 radical (unpaired) electrons. The van der Waals surface area contributed by atoms with E-state index in [1.807, 2.05) is 72.8 Å². The first kappa shape index (κ1) is 24.1. The summed E-state index contributed by atoms with van der Waals surface area (Å²) >= 11 is 7.69. The fourth-order valence-corrected chi connectivity index (χ4v) is 4.86. The van der Waals surface area contributed by atoms with Gasteiger partial charge in [0.25, 0.3) is 0 Å². The minimum absolute atomic E-state index is 0.392. The first-order valence-corrected chi connectivity index (χ1v) is 13.1. The van der Waals surface area contributed by atoms with E-state index in [9.17, 15) is 0 Å². The van der Waals surface area contributed by atoms with Crippen LogP contribution in [0.2, 0.25) is 5.02 Å². The molecule has 1 aliphatic heterocycles. The van der Waals surface area contributed by atoms with Gasteiger partial charge in [-0.2, -0.15) is 20.1 Å². The third kappa shape index (κ3) is 6.53. The van der Waals surface area contributed by atoms with Crippen molar-refractivity contribution in [2.75, 3.05) is 28.7 Å². The summed E-state index contributed by atoms with van der Waals surface area (Å²) in [5, 5.41) is 8.46. The number of hydrogen-bond acceptors (Lipinski definition) is 8. The third-order valence-electron chi connectivity index (χ3n) is 5.62. The molecule has 1 aromatic heterocycles. The lowest BCUT2D eigenvalue weighted by Crippen LogP contribution is -2.31. The van der Waals surface area contributed by atoms with E-state index in [0.717, 1.165) is 52.0 Å². The molecule has 4 aromatic rings. The molecule has 0 unspecified atom stereocenters. The van der Waals surface area contributed by atoms with Gasteiger partial charge in [-0.1, -0.05) is 59.8 Å². The number of piperidine rings is 1. The molecule has 0 bridgehead atoms. The van der Waals surface area contributed by atoms with Gasteiger partial charge in [0.15, 0.2) is 0 Å². The Morgan fingerprint density at radius 2 is 1.53 bits per heavy atom. The summed E-state index contributed by atoms with van der Waals surface area (Å²) in [6, 6.07) is 25.8. The number of anilines is 4. The highest BCUT2D eigenvalue weighted by Gasteiger charge is 2.16.